The molecular weight excluding hydrogens is 441 g/mol. The van der Waals surface area contributed by atoms with E-state index in [9.17, 15) is 22.4 Å². The number of nitrogens with one attached hydrogen (secondary N) is 2. The number of hydrogen-bond acceptors (Lipinski definition) is 6. The van der Waals surface area contributed by atoms with Crippen molar-refractivity contribution in [1.82, 2.24) is 15.2 Å². The van der Waals surface area contributed by atoms with Gasteiger partial charge in [0.05, 0.1) is 18.1 Å². The monoisotopic (exact) mass is 463 g/mol. The largest absolute Gasteiger partial charge is 0.484 e. The summed E-state index contributed by atoms with van der Waals surface area (Å²) < 4.78 is 49.7. The first-order valence-electron chi connectivity index (χ1n) is 9.68. The Bertz CT molecular complexity index is 1070. The lowest BCUT2D eigenvalue weighted by Gasteiger charge is -2.26. The van der Waals surface area contributed by atoms with Crippen LogP contribution >= 0.6 is 0 Å². The van der Waals surface area contributed by atoms with E-state index in [2.05, 4.69) is 10.9 Å². The van der Waals surface area contributed by atoms with Crippen molar-refractivity contribution in [2.75, 3.05) is 32.9 Å². The Labute approximate surface area is 184 Å². The summed E-state index contributed by atoms with van der Waals surface area (Å²) in [5.74, 6) is -1.31. The van der Waals surface area contributed by atoms with E-state index in [1.165, 1.54) is 52.9 Å². The molecule has 0 aliphatic carbocycles. The van der Waals surface area contributed by atoms with Crippen molar-refractivity contribution in [2.45, 2.75) is 4.90 Å². The van der Waals surface area contributed by atoms with Gasteiger partial charge >= 0.3 is 0 Å². The number of ether oxygens (including phenoxy) is 2. The molecule has 1 aliphatic rings. The summed E-state index contributed by atoms with van der Waals surface area (Å²) in [5.41, 5.74) is 4.98. The number of sulfonamides is 1. The van der Waals surface area contributed by atoms with E-state index in [1.807, 2.05) is 0 Å². The number of rotatable bonds is 7. The van der Waals surface area contributed by atoms with Crippen molar-refractivity contribution in [3.05, 3.63) is 66.0 Å². The summed E-state index contributed by atoms with van der Waals surface area (Å²) in [4.78, 5) is 23.7. The summed E-state index contributed by atoms with van der Waals surface area (Å²) in [6, 6.07) is 11.2. The normalized spacial score (nSPS) is 14.8. The summed E-state index contributed by atoms with van der Waals surface area (Å²) in [7, 11) is -3.58. The molecule has 0 spiro atoms. The molecule has 11 heteroatoms. The summed E-state index contributed by atoms with van der Waals surface area (Å²) in [6.45, 7) is 0.985. The topological polar surface area (TPSA) is 114 Å². The SMILES string of the molecule is O=C(/C=C/c1ccc(S(=O)(=O)N2CCOCC2)cc1)NNC(=O)COc1ccc(F)cc1. The van der Waals surface area contributed by atoms with Crippen LogP contribution in [0.15, 0.2) is 59.5 Å². The van der Waals surface area contributed by atoms with Crippen LogP contribution in [0.3, 0.4) is 0 Å². The third-order valence-corrected chi connectivity index (χ3v) is 6.34. The highest BCUT2D eigenvalue weighted by Crippen LogP contribution is 2.18. The number of halogens is 1. The van der Waals surface area contributed by atoms with Crippen molar-refractivity contribution in [3.63, 3.8) is 0 Å². The van der Waals surface area contributed by atoms with Gasteiger partial charge < -0.3 is 9.47 Å². The first-order chi connectivity index (χ1) is 15.3. The van der Waals surface area contributed by atoms with Gasteiger partial charge in [-0.15, -0.1) is 0 Å². The first-order valence-corrected chi connectivity index (χ1v) is 11.1. The predicted molar refractivity (Wildman–Crippen MR) is 113 cm³/mol. The van der Waals surface area contributed by atoms with Crippen LogP contribution in [0, 0.1) is 5.82 Å². The highest BCUT2D eigenvalue weighted by Gasteiger charge is 2.25. The predicted octanol–water partition coefficient (Wildman–Crippen LogP) is 1.09. The molecule has 2 aromatic rings. The number of morpholine rings is 1. The first kappa shape index (κ1) is 23.4. The molecule has 1 saturated heterocycles. The van der Waals surface area contributed by atoms with Gasteiger partial charge in [-0.3, -0.25) is 20.4 Å². The van der Waals surface area contributed by atoms with E-state index in [1.54, 1.807) is 12.1 Å². The molecule has 0 saturated carbocycles. The molecule has 1 heterocycles. The fourth-order valence-electron chi connectivity index (χ4n) is 2.75. The molecule has 0 radical (unpaired) electrons. The van der Waals surface area contributed by atoms with Crippen molar-refractivity contribution in [2.24, 2.45) is 0 Å². The van der Waals surface area contributed by atoms with Crippen LogP contribution < -0.4 is 15.6 Å². The van der Waals surface area contributed by atoms with Gasteiger partial charge in [-0.05, 0) is 48.0 Å². The number of hydrogen-bond donors (Lipinski definition) is 2. The Morgan fingerprint density at radius 2 is 1.69 bits per heavy atom. The maximum Gasteiger partial charge on any atom is 0.276 e. The van der Waals surface area contributed by atoms with E-state index in [0.717, 1.165) is 0 Å². The molecule has 9 nitrogen and oxygen atoms in total. The van der Waals surface area contributed by atoms with Gasteiger partial charge in [-0.1, -0.05) is 12.1 Å². The molecule has 1 aliphatic heterocycles. The Kier molecular flexibility index (Phi) is 7.92. The van der Waals surface area contributed by atoms with Crippen molar-refractivity contribution in [1.29, 1.82) is 0 Å². The molecule has 170 valence electrons. The molecule has 2 amide bonds. The van der Waals surface area contributed by atoms with Gasteiger partial charge in [-0.2, -0.15) is 4.31 Å². The number of hydrazine groups is 1. The van der Waals surface area contributed by atoms with Gasteiger partial charge in [0.15, 0.2) is 6.61 Å². The number of carbonyl (C=O) groups excluding carboxylic acids is 2. The zero-order chi connectivity index (χ0) is 23.0. The Balaban J connectivity index is 1.45. The standard InChI is InChI=1S/C21H22FN3O6S/c22-17-4-6-18(7-5-17)31-15-21(27)24-23-20(26)10-3-16-1-8-19(9-2-16)32(28,29)25-11-13-30-14-12-25/h1-10H,11-15H2,(H,23,26)(H,24,27)/b10-3+. The zero-order valence-electron chi connectivity index (χ0n) is 17.0. The smallest absolute Gasteiger partial charge is 0.276 e. The second-order valence-electron chi connectivity index (χ2n) is 6.70. The van der Waals surface area contributed by atoms with Crippen molar-refractivity contribution in [3.8, 4) is 5.75 Å². The minimum absolute atomic E-state index is 0.161. The van der Waals surface area contributed by atoms with Crippen LogP contribution in [0.1, 0.15) is 5.56 Å². The van der Waals surface area contributed by atoms with Crippen LogP contribution in [-0.4, -0.2) is 57.4 Å². The number of amides is 2. The number of nitrogens with zero attached hydrogens (tertiary/aromatic N) is 1. The molecule has 2 N–H and O–H groups in total. The van der Waals surface area contributed by atoms with Gasteiger partial charge in [0, 0.05) is 19.2 Å². The lowest BCUT2D eigenvalue weighted by molar-refractivity contribution is -0.128. The third kappa shape index (κ3) is 6.61. The van der Waals surface area contributed by atoms with Gasteiger partial charge in [0.2, 0.25) is 10.0 Å². The van der Waals surface area contributed by atoms with Gasteiger partial charge in [0.1, 0.15) is 11.6 Å². The van der Waals surface area contributed by atoms with Crippen molar-refractivity contribution < 1.29 is 31.9 Å². The molecule has 0 atom stereocenters. The third-order valence-electron chi connectivity index (χ3n) is 4.42. The fraction of sp³-hybridized carbons (Fsp3) is 0.238. The van der Waals surface area contributed by atoms with Gasteiger partial charge in [0.25, 0.3) is 11.8 Å². The second-order valence-corrected chi connectivity index (χ2v) is 8.64. The second kappa shape index (κ2) is 10.8. The molecule has 0 aromatic heterocycles. The zero-order valence-corrected chi connectivity index (χ0v) is 17.8. The highest BCUT2D eigenvalue weighted by molar-refractivity contribution is 7.89. The molecule has 2 aromatic carbocycles. The molecular formula is C21H22FN3O6S. The van der Waals surface area contributed by atoms with E-state index in [-0.39, 0.29) is 11.5 Å². The molecule has 3 rings (SSSR count). The van der Waals surface area contributed by atoms with Crippen LogP contribution in [0.2, 0.25) is 0 Å². The fourth-order valence-corrected chi connectivity index (χ4v) is 4.16. The molecule has 0 bridgehead atoms. The summed E-state index contributed by atoms with van der Waals surface area (Å²) in [5, 5.41) is 0. The number of carbonyl (C=O) groups is 2. The molecule has 1 fully saturated rings. The van der Waals surface area contributed by atoms with Gasteiger partial charge in [-0.25, -0.2) is 12.8 Å². The van der Waals surface area contributed by atoms with E-state index in [4.69, 9.17) is 9.47 Å². The lowest BCUT2D eigenvalue weighted by atomic mass is 10.2. The molecule has 0 unspecified atom stereocenters. The summed E-state index contributed by atoms with van der Waals surface area (Å²) >= 11 is 0. The quantitative estimate of drug-likeness (QED) is 0.469. The van der Waals surface area contributed by atoms with Crippen LogP contribution in [0.4, 0.5) is 4.39 Å². The highest BCUT2D eigenvalue weighted by atomic mass is 32.2. The number of benzene rings is 2. The summed E-state index contributed by atoms with van der Waals surface area (Å²) in [6.07, 6.45) is 2.66. The minimum Gasteiger partial charge on any atom is -0.484 e. The minimum atomic E-state index is -3.58. The van der Waals surface area contributed by atoms with Crippen LogP contribution in [-0.2, 0) is 24.3 Å². The van der Waals surface area contributed by atoms with E-state index in [0.29, 0.717) is 37.6 Å². The Morgan fingerprint density at radius 3 is 2.34 bits per heavy atom. The van der Waals surface area contributed by atoms with Crippen LogP contribution in [0.5, 0.6) is 5.75 Å². The Hall–Kier alpha value is -3.28. The maximum atomic E-state index is 12.8. The van der Waals surface area contributed by atoms with E-state index >= 15 is 0 Å². The average molecular weight is 463 g/mol. The molecule has 32 heavy (non-hydrogen) atoms. The van der Waals surface area contributed by atoms with E-state index < -0.39 is 27.7 Å². The Morgan fingerprint density at radius 1 is 1.03 bits per heavy atom. The van der Waals surface area contributed by atoms with Crippen molar-refractivity contribution >= 4 is 27.9 Å². The van der Waals surface area contributed by atoms with Crippen LogP contribution in [0.25, 0.3) is 6.08 Å². The lowest BCUT2D eigenvalue weighted by Crippen LogP contribution is -2.43. The average Bonchev–Trinajstić information content (AvgIpc) is 2.82. The maximum absolute atomic E-state index is 12.8.